The topological polar surface area (TPSA) is 143 Å². The van der Waals surface area contributed by atoms with Crippen molar-refractivity contribution >= 4 is 20.0 Å². The van der Waals surface area contributed by atoms with E-state index in [1.54, 1.807) is 13.0 Å². The number of ether oxygens (including phenoxy) is 1. The summed E-state index contributed by atoms with van der Waals surface area (Å²) in [6, 6.07) is 3.68. The van der Waals surface area contributed by atoms with Crippen LogP contribution in [0.4, 0.5) is 0 Å². The lowest BCUT2D eigenvalue weighted by molar-refractivity contribution is -0.0984. The molecule has 0 aliphatic carbocycles. The first-order chi connectivity index (χ1) is 21.7. The lowest BCUT2D eigenvalue weighted by Crippen LogP contribution is -2.38. The summed E-state index contributed by atoms with van der Waals surface area (Å²) in [6.07, 6.45) is 27.7. The van der Waals surface area contributed by atoms with Crippen LogP contribution >= 0.6 is 7.82 Å². The standard InChI is InChI=1S/C35H65N4O5P/c1-4-5-6-7-8-9-10-11-12-13-14-15-16-17-18-19-20-21-22-23-28-42-45(40,41)44-30(2)35(3)27-26-33(43-35)31-24-25-32(39-31)34(37)38-29-36/h24-25,29-30,33,39H,4-23,26-28H2,1-3H3,(H,40,41)(H3,36,37,38)/t30-,33+,35-/m0/s1. The molecule has 1 aromatic heterocycles. The van der Waals surface area contributed by atoms with Gasteiger partial charge in [-0.1, -0.05) is 129 Å². The largest absolute Gasteiger partial charge is 0.472 e. The minimum Gasteiger partial charge on any atom is -0.382 e. The normalized spacial score (nSPS) is 20.8. The monoisotopic (exact) mass is 652 g/mol. The van der Waals surface area contributed by atoms with Gasteiger partial charge in [0.2, 0.25) is 0 Å². The number of nitrogens with one attached hydrogen (secondary N) is 2. The second kappa shape index (κ2) is 22.9. The summed E-state index contributed by atoms with van der Waals surface area (Å²) in [7, 11) is -4.19. The van der Waals surface area contributed by atoms with Crippen LogP contribution < -0.4 is 5.73 Å². The van der Waals surface area contributed by atoms with Gasteiger partial charge >= 0.3 is 7.82 Å². The van der Waals surface area contributed by atoms with Gasteiger partial charge in [-0.15, -0.1) is 0 Å². The van der Waals surface area contributed by atoms with E-state index in [1.807, 2.05) is 13.0 Å². The SMILES string of the molecule is CCCCCCCCCCCCCCCCCCCCCCOP(=O)(O)O[C@@H](C)[C@]1(C)CC[C@H](c2ccc(C(N)=NC=N)[nH]2)O1. The molecule has 1 saturated heterocycles. The van der Waals surface area contributed by atoms with E-state index in [0.29, 0.717) is 12.1 Å². The van der Waals surface area contributed by atoms with Crippen molar-refractivity contribution in [3.8, 4) is 0 Å². The van der Waals surface area contributed by atoms with Crippen molar-refractivity contribution in [2.24, 2.45) is 10.7 Å². The summed E-state index contributed by atoms with van der Waals surface area (Å²) in [6.45, 7) is 6.14. The van der Waals surface area contributed by atoms with Crippen molar-refractivity contribution in [2.45, 2.75) is 180 Å². The number of rotatable bonds is 28. The zero-order valence-corrected chi connectivity index (χ0v) is 29.6. The van der Waals surface area contributed by atoms with Gasteiger partial charge in [-0.3, -0.25) is 14.5 Å². The van der Waals surface area contributed by atoms with Crippen LogP contribution in [0, 0.1) is 5.41 Å². The number of aromatic amines is 1. The van der Waals surface area contributed by atoms with Crippen molar-refractivity contribution in [1.82, 2.24) is 4.98 Å². The fourth-order valence-corrected chi connectivity index (χ4v) is 7.19. The number of aromatic nitrogens is 1. The summed E-state index contributed by atoms with van der Waals surface area (Å²) >= 11 is 0. The number of nitrogens with zero attached hydrogens (tertiary/aromatic N) is 1. The van der Waals surface area contributed by atoms with Crippen LogP contribution in [0.2, 0.25) is 0 Å². The third-order valence-corrected chi connectivity index (χ3v) is 10.3. The van der Waals surface area contributed by atoms with Crippen LogP contribution in [0.15, 0.2) is 17.1 Å². The molecule has 1 aliphatic heterocycles. The van der Waals surface area contributed by atoms with Gasteiger partial charge < -0.3 is 20.3 Å². The highest BCUT2D eigenvalue weighted by Gasteiger charge is 2.44. The number of aliphatic imine (C=N–C) groups is 1. The molecule has 4 atom stereocenters. The zero-order chi connectivity index (χ0) is 32.8. The number of phosphoric acid groups is 1. The number of phosphoric ester groups is 1. The molecule has 0 spiro atoms. The maximum atomic E-state index is 12.6. The highest BCUT2D eigenvalue weighted by Crippen LogP contribution is 2.50. The van der Waals surface area contributed by atoms with E-state index in [-0.39, 0.29) is 18.5 Å². The van der Waals surface area contributed by atoms with E-state index in [2.05, 4.69) is 16.9 Å². The third-order valence-electron chi connectivity index (χ3n) is 9.25. The Morgan fingerprint density at radius 2 is 1.49 bits per heavy atom. The summed E-state index contributed by atoms with van der Waals surface area (Å²) in [4.78, 5) is 17.3. The molecule has 1 aromatic rings. The van der Waals surface area contributed by atoms with Gasteiger partial charge in [0.1, 0.15) is 12.2 Å². The number of unbranched alkanes of at least 4 members (excludes halogenated alkanes) is 19. The van der Waals surface area contributed by atoms with Crippen LogP contribution in [0.25, 0.3) is 0 Å². The van der Waals surface area contributed by atoms with Crippen LogP contribution in [0.1, 0.15) is 180 Å². The molecule has 0 bridgehead atoms. The molecule has 0 aromatic carbocycles. The first-order valence-corrected chi connectivity index (χ1v) is 19.6. The molecule has 2 rings (SSSR count). The van der Waals surface area contributed by atoms with Crippen molar-refractivity contribution in [3.63, 3.8) is 0 Å². The second-order valence-electron chi connectivity index (χ2n) is 13.2. The van der Waals surface area contributed by atoms with E-state index < -0.39 is 19.5 Å². The molecule has 0 amide bonds. The minimum absolute atomic E-state index is 0.212. The maximum absolute atomic E-state index is 12.6. The van der Waals surface area contributed by atoms with Gasteiger partial charge in [0.15, 0.2) is 0 Å². The Morgan fingerprint density at radius 3 is 1.98 bits per heavy atom. The Kier molecular flexibility index (Phi) is 20.2. The molecule has 260 valence electrons. The molecule has 2 heterocycles. The number of nitrogens with two attached hydrogens (primary N) is 1. The number of H-pyrrole nitrogens is 1. The summed E-state index contributed by atoms with van der Waals surface area (Å²) in [5.74, 6) is 0.229. The first kappa shape index (κ1) is 39.7. The van der Waals surface area contributed by atoms with Crippen molar-refractivity contribution < 1.29 is 23.2 Å². The average Bonchev–Trinajstić information content (AvgIpc) is 3.66. The zero-order valence-electron chi connectivity index (χ0n) is 28.7. The van der Waals surface area contributed by atoms with Crippen molar-refractivity contribution in [3.05, 3.63) is 23.5 Å². The van der Waals surface area contributed by atoms with Crippen molar-refractivity contribution in [1.29, 1.82) is 5.41 Å². The minimum atomic E-state index is -4.19. The lowest BCUT2D eigenvalue weighted by Gasteiger charge is -2.32. The molecule has 0 radical (unpaired) electrons. The van der Waals surface area contributed by atoms with Crippen LogP contribution in [-0.4, -0.2) is 40.4 Å². The van der Waals surface area contributed by atoms with Gasteiger partial charge in [0.05, 0.1) is 30.1 Å². The number of amidine groups is 1. The highest BCUT2D eigenvalue weighted by molar-refractivity contribution is 7.47. The molecular weight excluding hydrogens is 587 g/mol. The Hall–Kier alpha value is -1.51. The molecule has 45 heavy (non-hydrogen) atoms. The smallest absolute Gasteiger partial charge is 0.382 e. The molecule has 5 N–H and O–H groups in total. The van der Waals surface area contributed by atoms with Gasteiger partial charge in [0, 0.05) is 5.69 Å². The predicted octanol–water partition coefficient (Wildman–Crippen LogP) is 10.3. The average molecular weight is 653 g/mol. The summed E-state index contributed by atoms with van der Waals surface area (Å²) in [5.41, 5.74) is 6.57. The summed E-state index contributed by atoms with van der Waals surface area (Å²) < 4.78 is 29.7. The second-order valence-corrected chi connectivity index (χ2v) is 14.6. The fraction of sp³-hybridized carbons (Fsp3) is 0.829. The van der Waals surface area contributed by atoms with E-state index >= 15 is 0 Å². The van der Waals surface area contributed by atoms with Gasteiger partial charge in [-0.25, -0.2) is 9.56 Å². The molecule has 9 nitrogen and oxygen atoms in total. The van der Waals surface area contributed by atoms with E-state index in [4.69, 9.17) is 24.9 Å². The Bertz CT molecular complexity index is 1000. The molecular formula is C35H65N4O5P. The predicted molar refractivity (Wildman–Crippen MR) is 186 cm³/mol. The number of hydrogen-bond donors (Lipinski definition) is 4. The van der Waals surface area contributed by atoms with Crippen LogP contribution in [0.3, 0.4) is 0 Å². The fourth-order valence-electron chi connectivity index (χ4n) is 6.15. The van der Waals surface area contributed by atoms with Gasteiger partial charge in [0.25, 0.3) is 0 Å². The molecule has 10 heteroatoms. The third kappa shape index (κ3) is 16.7. The number of hydrogen-bond acceptors (Lipinski definition) is 5. The Morgan fingerprint density at radius 1 is 1.00 bits per heavy atom. The van der Waals surface area contributed by atoms with E-state index in [9.17, 15) is 9.46 Å². The Labute approximate surface area is 274 Å². The molecule has 1 fully saturated rings. The first-order valence-electron chi connectivity index (χ1n) is 18.1. The lowest BCUT2D eigenvalue weighted by atomic mass is 9.96. The van der Waals surface area contributed by atoms with Gasteiger partial charge in [-0.05, 0) is 45.2 Å². The maximum Gasteiger partial charge on any atom is 0.472 e. The molecule has 0 saturated carbocycles. The van der Waals surface area contributed by atoms with Crippen LogP contribution in [-0.2, 0) is 18.3 Å². The molecule has 1 aliphatic rings. The Balaban J connectivity index is 1.44. The van der Waals surface area contributed by atoms with Crippen molar-refractivity contribution in [2.75, 3.05) is 6.61 Å². The quantitative estimate of drug-likeness (QED) is 0.0307. The highest BCUT2D eigenvalue weighted by atomic mass is 31.2. The molecule has 1 unspecified atom stereocenters. The van der Waals surface area contributed by atoms with E-state index in [1.165, 1.54) is 109 Å². The van der Waals surface area contributed by atoms with E-state index in [0.717, 1.165) is 37.7 Å². The van der Waals surface area contributed by atoms with Gasteiger partial charge in [-0.2, -0.15) is 0 Å². The van der Waals surface area contributed by atoms with Crippen LogP contribution in [0.5, 0.6) is 0 Å². The summed E-state index contributed by atoms with van der Waals surface area (Å²) in [5, 5.41) is 7.08.